The first-order valence-electron chi connectivity index (χ1n) is 7.42. The predicted octanol–water partition coefficient (Wildman–Crippen LogP) is 2.84. The van der Waals surface area contributed by atoms with Crippen LogP contribution >= 0.6 is 0 Å². The molecule has 0 spiro atoms. The Balaban J connectivity index is 2.51. The Morgan fingerprint density at radius 2 is 1.80 bits per heavy atom. The Bertz CT molecular complexity index is 412. The van der Waals surface area contributed by atoms with E-state index in [1.54, 1.807) is 0 Å². The number of likely N-dealkylation sites (N-methyl/N-ethyl adjacent to an activating group) is 2. The van der Waals surface area contributed by atoms with Crippen molar-refractivity contribution in [2.24, 2.45) is 0 Å². The Labute approximate surface area is 123 Å². The molecular weight excluding hydrogens is 248 g/mol. The Kier molecular flexibility index (Phi) is 6.89. The lowest BCUT2D eigenvalue weighted by Crippen LogP contribution is -2.41. The molecule has 0 N–H and O–H groups in total. The summed E-state index contributed by atoms with van der Waals surface area (Å²) in [5, 5.41) is 0. The van der Waals surface area contributed by atoms with E-state index in [9.17, 15) is 4.79 Å². The number of hydrogen-bond donors (Lipinski definition) is 0. The van der Waals surface area contributed by atoms with Gasteiger partial charge in [0.2, 0.25) is 0 Å². The van der Waals surface area contributed by atoms with Crippen LogP contribution in [0.25, 0.3) is 0 Å². The normalized spacial score (nSPS) is 12.9. The number of benzene rings is 1. The first-order chi connectivity index (χ1) is 9.43. The number of aryl methyl sites for hydroxylation is 1. The third-order valence-electron chi connectivity index (χ3n) is 3.66. The van der Waals surface area contributed by atoms with Crippen molar-refractivity contribution in [3.63, 3.8) is 0 Å². The highest BCUT2D eigenvalue weighted by Crippen LogP contribution is 2.08. The summed E-state index contributed by atoms with van der Waals surface area (Å²) in [4.78, 5) is 16.7. The van der Waals surface area contributed by atoms with Gasteiger partial charge in [0, 0.05) is 31.1 Å². The highest BCUT2D eigenvalue weighted by molar-refractivity contribution is 5.96. The maximum absolute atomic E-state index is 12.2. The van der Waals surface area contributed by atoms with Gasteiger partial charge >= 0.3 is 0 Å². The quantitative estimate of drug-likeness (QED) is 0.682. The molecule has 0 radical (unpaired) electrons. The molecule has 1 rings (SSSR count). The average molecular weight is 276 g/mol. The lowest BCUT2D eigenvalue weighted by molar-refractivity contribution is 0.0949. The summed E-state index contributed by atoms with van der Waals surface area (Å²) >= 11 is 0. The minimum atomic E-state index is 0.237. The van der Waals surface area contributed by atoms with Crippen LogP contribution < -0.4 is 0 Å². The van der Waals surface area contributed by atoms with Crippen molar-refractivity contribution in [3.8, 4) is 0 Å². The van der Waals surface area contributed by atoms with Gasteiger partial charge in [0.05, 0.1) is 0 Å². The first-order valence-corrected chi connectivity index (χ1v) is 7.42. The Hall–Kier alpha value is -1.19. The topological polar surface area (TPSA) is 23.6 Å². The van der Waals surface area contributed by atoms with Gasteiger partial charge in [0.25, 0.3) is 0 Å². The number of Topliss-reactive ketones (excluding diaryl/α,β-unsaturated/α-hetero) is 1. The number of carbonyl (C=O) groups excluding carboxylic acids is 1. The van der Waals surface area contributed by atoms with Crippen LogP contribution in [0.2, 0.25) is 0 Å². The van der Waals surface area contributed by atoms with Gasteiger partial charge in [-0.1, -0.05) is 36.8 Å². The second kappa shape index (κ2) is 8.18. The van der Waals surface area contributed by atoms with Gasteiger partial charge in [0.15, 0.2) is 5.78 Å². The van der Waals surface area contributed by atoms with Crippen LogP contribution in [-0.4, -0.2) is 55.4 Å². The fraction of sp³-hybridized carbons (Fsp3) is 0.588. The molecule has 0 aliphatic rings. The van der Waals surface area contributed by atoms with Crippen LogP contribution in [0.5, 0.6) is 0 Å². The molecule has 3 heteroatoms. The van der Waals surface area contributed by atoms with Gasteiger partial charge in [-0.25, -0.2) is 0 Å². The van der Waals surface area contributed by atoms with Gasteiger partial charge in [-0.05, 0) is 34.5 Å². The number of nitrogens with zero attached hydrogens (tertiary/aromatic N) is 2. The van der Waals surface area contributed by atoms with E-state index < -0.39 is 0 Å². The number of carbonyl (C=O) groups is 1. The first kappa shape index (κ1) is 16.9. The lowest BCUT2D eigenvalue weighted by atomic mass is 10.1. The van der Waals surface area contributed by atoms with Crippen LogP contribution in [-0.2, 0) is 0 Å². The van der Waals surface area contributed by atoms with Crippen molar-refractivity contribution < 1.29 is 4.79 Å². The van der Waals surface area contributed by atoms with Crippen molar-refractivity contribution >= 4 is 5.78 Å². The zero-order valence-electron chi connectivity index (χ0n) is 13.5. The van der Waals surface area contributed by atoms with E-state index in [1.165, 1.54) is 5.56 Å². The summed E-state index contributed by atoms with van der Waals surface area (Å²) in [6.45, 7) is 9.25. The molecule has 0 aliphatic carbocycles. The summed E-state index contributed by atoms with van der Waals surface area (Å²) < 4.78 is 0. The molecule has 20 heavy (non-hydrogen) atoms. The summed E-state index contributed by atoms with van der Waals surface area (Å²) in [6, 6.07) is 8.33. The molecule has 0 aromatic heterocycles. The maximum Gasteiger partial charge on any atom is 0.164 e. The van der Waals surface area contributed by atoms with Gasteiger partial charge in [-0.2, -0.15) is 0 Å². The van der Waals surface area contributed by atoms with Gasteiger partial charge in [0.1, 0.15) is 0 Å². The third kappa shape index (κ3) is 5.43. The second-order valence-electron chi connectivity index (χ2n) is 5.78. The van der Waals surface area contributed by atoms with E-state index in [-0.39, 0.29) is 5.78 Å². The van der Waals surface area contributed by atoms with Gasteiger partial charge in [-0.15, -0.1) is 0 Å². The number of ketones is 1. The van der Waals surface area contributed by atoms with Gasteiger partial charge in [-0.3, -0.25) is 9.69 Å². The summed E-state index contributed by atoms with van der Waals surface area (Å²) in [6.07, 6.45) is 0.592. The summed E-state index contributed by atoms with van der Waals surface area (Å²) in [7, 11) is 4.17. The Morgan fingerprint density at radius 3 is 2.30 bits per heavy atom. The van der Waals surface area contributed by atoms with Gasteiger partial charge < -0.3 is 4.90 Å². The molecule has 0 amide bonds. The summed E-state index contributed by atoms with van der Waals surface area (Å²) in [5.41, 5.74) is 2.02. The van der Waals surface area contributed by atoms with E-state index >= 15 is 0 Å². The standard InChI is InChI=1S/C17H28N2O/c1-6-19(15(3)13-18(4)5)12-11-17(20)16-9-7-14(2)8-10-16/h7-10,15H,6,11-13H2,1-5H3. The molecule has 3 nitrogen and oxygen atoms in total. The molecule has 0 fully saturated rings. The van der Waals surface area contributed by atoms with Crippen LogP contribution in [0.1, 0.15) is 36.2 Å². The minimum Gasteiger partial charge on any atom is -0.308 e. The fourth-order valence-corrected chi connectivity index (χ4v) is 2.46. The van der Waals surface area contributed by atoms with Crippen molar-refractivity contribution in [2.75, 3.05) is 33.7 Å². The monoisotopic (exact) mass is 276 g/mol. The molecule has 0 aliphatic heterocycles. The highest BCUT2D eigenvalue weighted by atomic mass is 16.1. The van der Waals surface area contributed by atoms with E-state index in [2.05, 4.69) is 37.7 Å². The number of rotatable bonds is 8. The SMILES string of the molecule is CCN(CCC(=O)c1ccc(C)cc1)C(C)CN(C)C. The largest absolute Gasteiger partial charge is 0.308 e. The van der Waals surface area contributed by atoms with Crippen LogP contribution in [0.4, 0.5) is 0 Å². The zero-order chi connectivity index (χ0) is 15.1. The third-order valence-corrected chi connectivity index (χ3v) is 3.66. The molecule has 0 saturated carbocycles. The van der Waals surface area contributed by atoms with Crippen LogP contribution in [0.15, 0.2) is 24.3 Å². The molecule has 1 atom stereocenters. The van der Waals surface area contributed by atoms with Crippen molar-refractivity contribution in [1.82, 2.24) is 9.80 Å². The molecule has 1 aromatic rings. The second-order valence-corrected chi connectivity index (χ2v) is 5.78. The molecule has 112 valence electrons. The Morgan fingerprint density at radius 1 is 1.20 bits per heavy atom. The minimum absolute atomic E-state index is 0.237. The van der Waals surface area contributed by atoms with E-state index in [0.29, 0.717) is 12.5 Å². The zero-order valence-corrected chi connectivity index (χ0v) is 13.5. The number of hydrogen-bond acceptors (Lipinski definition) is 3. The smallest absolute Gasteiger partial charge is 0.164 e. The van der Waals surface area contributed by atoms with Crippen molar-refractivity contribution in [3.05, 3.63) is 35.4 Å². The molecule has 0 bridgehead atoms. The molecule has 0 heterocycles. The lowest BCUT2D eigenvalue weighted by Gasteiger charge is -2.29. The predicted molar refractivity (Wildman–Crippen MR) is 85.4 cm³/mol. The van der Waals surface area contributed by atoms with E-state index in [4.69, 9.17) is 0 Å². The van der Waals surface area contributed by atoms with Crippen molar-refractivity contribution in [2.45, 2.75) is 33.2 Å². The van der Waals surface area contributed by atoms with Crippen molar-refractivity contribution in [1.29, 1.82) is 0 Å². The van der Waals surface area contributed by atoms with Crippen LogP contribution in [0.3, 0.4) is 0 Å². The molecular formula is C17H28N2O. The summed E-state index contributed by atoms with van der Waals surface area (Å²) in [5.74, 6) is 0.237. The van der Waals surface area contributed by atoms with Crippen LogP contribution in [0, 0.1) is 6.92 Å². The maximum atomic E-state index is 12.2. The molecule has 1 aromatic carbocycles. The highest BCUT2D eigenvalue weighted by Gasteiger charge is 2.14. The molecule has 0 saturated heterocycles. The average Bonchev–Trinajstić information content (AvgIpc) is 2.39. The molecule has 1 unspecified atom stereocenters. The van der Waals surface area contributed by atoms with E-state index in [0.717, 1.165) is 25.2 Å². The fourth-order valence-electron chi connectivity index (χ4n) is 2.46. The van der Waals surface area contributed by atoms with E-state index in [1.807, 2.05) is 31.2 Å².